The molecule has 126 valence electrons. The first-order valence-corrected chi connectivity index (χ1v) is 8.50. The van der Waals surface area contributed by atoms with Gasteiger partial charge in [-0.15, -0.1) is 0 Å². The highest BCUT2D eigenvalue weighted by Crippen LogP contribution is 2.23. The molecule has 3 heterocycles. The predicted molar refractivity (Wildman–Crippen MR) is 104 cm³/mol. The van der Waals surface area contributed by atoms with Crippen LogP contribution in [0, 0.1) is 13.8 Å². The summed E-state index contributed by atoms with van der Waals surface area (Å²) < 4.78 is 1.73. The van der Waals surface area contributed by atoms with E-state index in [4.69, 9.17) is 4.98 Å². The number of benzene rings is 2. The molecule has 0 saturated heterocycles. The Balaban J connectivity index is 1.89. The van der Waals surface area contributed by atoms with Crippen molar-refractivity contribution in [1.82, 2.24) is 19.7 Å². The summed E-state index contributed by atoms with van der Waals surface area (Å²) in [6, 6.07) is 17.6. The Morgan fingerprint density at radius 2 is 1.81 bits per heavy atom. The lowest BCUT2D eigenvalue weighted by molar-refractivity contribution is 0.854. The fourth-order valence-corrected chi connectivity index (χ4v) is 3.53. The topological polar surface area (TPSA) is 63.6 Å². The molecular formula is C21H16N4O. The Kier molecular flexibility index (Phi) is 3.00. The lowest BCUT2D eigenvalue weighted by Crippen LogP contribution is -2.07. The number of aryl methyl sites for hydroxylation is 2. The molecule has 0 bridgehead atoms. The van der Waals surface area contributed by atoms with Crippen LogP contribution >= 0.6 is 0 Å². The summed E-state index contributed by atoms with van der Waals surface area (Å²) in [6.45, 7) is 3.85. The van der Waals surface area contributed by atoms with Crippen LogP contribution < -0.4 is 5.43 Å². The summed E-state index contributed by atoms with van der Waals surface area (Å²) in [5.41, 5.74) is 4.13. The largest absolute Gasteiger partial charge is 0.339 e. The van der Waals surface area contributed by atoms with Crippen molar-refractivity contribution in [2.75, 3.05) is 0 Å². The Bertz CT molecular complexity index is 1380. The third kappa shape index (κ3) is 2.00. The molecule has 0 atom stereocenters. The number of fused-ring (bicyclic) bond motifs is 3. The molecular weight excluding hydrogens is 324 g/mol. The van der Waals surface area contributed by atoms with Crippen molar-refractivity contribution >= 4 is 32.8 Å². The molecule has 0 unspecified atom stereocenters. The average Bonchev–Trinajstić information content (AvgIpc) is 2.99. The monoisotopic (exact) mass is 340 g/mol. The number of hydrogen-bond donors (Lipinski definition) is 1. The van der Waals surface area contributed by atoms with Crippen molar-refractivity contribution in [3.63, 3.8) is 0 Å². The molecule has 0 spiro atoms. The number of nitrogens with one attached hydrogen (secondary N) is 1. The standard InChI is InChI=1S/C21H16N4O/c1-12-6-5-8-15-19(12)23-21-18(20(15)26)13(2)24-25(21)17-11-10-14-7-3-4-9-16(14)22-17/h3-11H,1-2H3,(H,23,26). The molecule has 0 aliphatic carbocycles. The fourth-order valence-electron chi connectivity index (χ4n) is 3.53. The van der Waals surface area contributed by atoms with E-state index in [0.29, 0.717) is 27.9 Å². The number of H-pyrrole nitrogens is 1. The zero-order valence-electron chi connectivity index (χ0n) is 14.4. The van der Waals surface area contributed by atoms with Crippen LogP contribution in [-0.2, 0) is 0 Å². The number of pyridine rings is 2. The van der Waals surface area contributed by atoms with Crippen molar-refractivity contribution in [3.8, 4) is 5.82 Å². The molecule has 0 aliphatic heterocycles. The summed E-state index contributed by atoms with van der Waals surface area (Å²) in [5, 5.41) is 6.97. The number of aromatic amines is 1. The SMILES string of the molecule is Cc1cccc2c(=O)c3c(C)nn(-c4ccc5ccccc5n4)c3[nH]c12. The average molecular weight is 340 g/mol. The first-order valence-electron chi connectivity index (χ1n) is 8.50. The summed E-state index contributed by atoms with van der Waals surface area (Å²) in [7, 11) is 0. The van der Waals surface area contributed by atoms with Crippen LogP contribution in [0.5, 0.6) is 0 Å². The third-order valence-corrected chi connectivity index (χ3v) is 4.85. The normalized spacial score (nSPS) is 11.6. The molecule has 1 N–H and O–H groups in total. The minimum Gasteiger partial charge on any atom is -0.339 e. The van der Waals surface area contributed by atoms with E-state index >= 15 is 0 Å². The second-order valence-electron chi connectivity index (χ2n) is 6.53. The van der Waals surface area contributed by atoms with E-state index in [1.807, 2.05) is 68.4 Å². The minimum atomic E-state index is 0.00184. The Hall–Kier alpha value is -3.47. The molecule has 5 rings (SSSR count). The van der Waals surface area contributed by atoms with Gasteiger partial charge in [0.1, 0.15) is 5.65 Å². The number of rotatable bonds is 1. The van der Waals surface area contributed by atoms with Gasteiger partial charge in [-0.3, -0.25) is 4.79 Å². The zero-order valence-corrected chi connectivity index (χ0v) is 14.4. The number of para-hydroxylation sites is 2. The van der Waals surface area contributed by atoms with Crippen LogP contribution in [0.4, 0.5) is 0 Å². The predicted octanol–water partition coefficient (Wildman–Crippen LogP) is 4.03. The molecule has 5 heteroatoms. The molecule has 0 amide bonds. The zero-order chi connectivity index (χ0) is 17.8. The van der Waals surface area contributed by atoms with E-state index in [1.165, 1.54) is 0 Å². The van der Waals surface area contributed by atoms with Gasteiger partial charge in [-0.05, 0) is 43.7 Å². The van der Waals surface area contributed by atoms with Gasteiger partial charge in [0.2, 0.25) is 5.43 Å². The second-order valence-corrected chi connectivity index (χ2v) is 6.53. The number of aromatic nitrogens is 4. The van der Waals surface area contributed by atoms with Gasteiger partial charge in [-0.2, -0.15) is 9.78 Å². The maximum atomic E-state index is 13.0. The van der Waals surface area contributed by atoms with Crippen LogP contribution in [-0.4, -0.2) is 19.7 Å². The van der Waals surface area contributed by atoms with Crippen LogP contribution in [0.2, 0.25) is 0 Å². The maximum Gasteiger partial charge on any atom is 0.200 e. The summed E-state index contributed by atoms with van der Waals surface area (Å²) in [6.07, 6.45) is 0. The molecule has 5 aromatic rings. The van der Waals surface area contributed by atoms with E-state index < -0.39 is 0 Å². The van der Waals surface area contributed by atoms with E-state index in [2.05, 4.69) is 10.1 Å². The van der Waals surface area contributed by atoms with Gasteiger partial charge in [-0.1, -0.05) is 30.3 Å². The first-order chi connectivity index (χ1) is 12.6. The maximum absolute atomic E-state index is 13.0. The molecule has 2 aromatic carbocycles. The summed E-state index contributed by atoms with van der Waals surface area (Å²) in [4.78, 5) is 21.2. The van der Waals surface area contributed by atoms with Gasteiger partial charge in [0.05, 0.1) is 22.1 Å². The van der Waals surface area contributed by atoms with Crippen molar-refractivity contribution in [2.45, 2.75) is 13.8 Å². The first kappa shape index (κ1) is 14.8. The van der Waals surface area contributed by atoms with Gasteiger partial charge >= 0.3 is 0 Å². The van der Waals surface area contributed by atoms with E-state index in [-0.39, 0.29) is 5.43 Å². The smallest absolute Gasteiger partial charge is 0.200 e. The van der Waals surface area contributed by atoms with Crippen molar-refractivity contribution in [1.29, 1.82) is 0 Å². The second kappa shape index (κ2) is 5.26. The highest BCUT2D eigenvalue weighted by Gasteiger charge is 2.16. The van der Waals surface area contributed by atoms with Crippen LogP contribution in [0.25, 0.3) is 38.7 Å². The van der Waals surface area contributed by atoms with Crippen LogP contribution in [0.15, 0.2) is 59.4 Å². The van der Waals surface area contributed by atoms with Gasteiger partial charge in [0, 0.05) is 10.8 Å². The van der Waals surface area contributed by atoms with Gasteiger partial charge < -0.3 is 4.98 Å². The fraction of sp³-hybridized carbons (Fsp3) is 0.0952. The van der Waals surface area contributed by atoms with Gasteiger partial charge in [0.25, 0.3) is 0 Å². The third-order valence-electron chi connectivity index (χ3n) is 4.85. The van der Waals surface area contributed by atoms with Crippen molar-refractivity contribution in [2.24, 2.45) is 0 Å². The molecule has 0 aliphatic rings. The molecule has 5 nitrogen and oxygen atoms in total. The van der Waals surface area contributed by atoms with Crippen LogP contribution in [0.3, 0.4) is 0 Å². The lowest BCUT2D eigenvalue weighted by Gasteiger charge is -2.06. The highest BCUT2D eigenvalue weighted by molar-refractivity contribution is 5.94. The Morgan fingerprint density at radius 3 is 2.69 bits per heavy atom. The number of hydrogen-bond acceptors (Lipinski definition) is 3. The van der Waals surface area contributed by atoms with E-state index in [0.717, 1.165) is 22.0 Å². The number of nitrogens with zero attached hydrogens (tertiary/aromatic N) is 3. The summed E-state index contributed by atoms with van der Waals surface area (Å²) in [5.74, 6) is 0.686. The Labute approximate surface area is 148 Å². The Morgan fingerprint density at radius 1 is 0.962 bits per heavy atom. The van der Waals surface area contributed by atoms with Crippen molar-refractivity contribution < 1.29 is 0 Å². The minimum absolute atomic E-state index is 0.00184. The highest BCUT2D eigenvalue weighted by atomic mass is 16.1. The molecule has 0 radical (unpaired) electrons. The molecule has 3 aromatic heterocycles. The molecule has 0 fully saturated rings. The van der Waals surface area contributed by atoms with E-state index in [1.54, 1.807) is 4.68 Å². The van der Waals surface area contributed by atoms with E-state index in [9.17, 15) is 4.79 Å². The lowest BCUT2D eigenvalue weighted by atomic mass is 10.1. The summed E-state index contributed by atoms with van der Waals surface area (Å²) >= 11 is 0. The van der Waals surface area contributed by atoms with Crippen molar-refractivity contribution in [3.05, 3.63) is 76.1 Å². The molecule has 26 heavy (non-hydrogen) atoms. The quantitative estimate of drug-likeness (QED) is 0.501. The molecule has 0 saturated carbocycles. The van der Waals surface area contributed by atoms with Gasteiger partial charge in [-0.25, -0.2) is 4.98 Å². The van der Waals surface area contributed by atoms with Crippen LogP contribution in [0.1, 0.15) is 11.3 Å². The van der Waals surface area contributed by atoms with Gasteiger partial charge in [0.15, 0.2) is 5.82 Å².